The second-order valence-corrected chi connectivity index (χ2v) is 9.53. The Morgan fingerprint density at radius 3 is 2.41 bits per heavy atom. The van der Waals surface area contributed by atoms with Gasteiger partial charge in [-0.1, -0.05) is 66.4 Å². The van der Waals surface area contributed by atoms with Crippen LogP contribution in [-0.4, -0.2) is 24.5 Å². The first-order chi connectivity index (χ1) is 15.5. The van der Waals surface area contributed by atoms with Gasteiger partial charge in [0.15, 0.2) is 0 Å². The standard InChI is InChI=1S/C25H23Cl2NO3S/c1-2-31-25(30)20-15-22(16-8-4-3-5-9-16)32-24(20)28(18-10-6-7-11-18)23(29)19-13-12-17(26)14-21(19)27/h3-5,8-9,12-15,18H,2,6-7,10-11H2,1H3. The number of hydrogen-bond donors (Lipinski definition) is 0. The van der Waals surface area contributed by atoms with Gasteiger partial charge in [-0.3, -0.25) is 9.69 Å². The summed E-state index contributed by atoms with van der Waals surface area (Å²) in [7, 11) is 0. The van der Waals surface area contributed by atoms with E-state index < -0.39 is 5.97 Å². The average molecular weight is 488 g/mol. The zero-order chi connectivity index (χ0) is 22.7. The SMILES string of the molecule is CCOC(=O)c1cc(-c2ccccc2)sc1N(C(=O)c1ccc(Cl)cc1Cl)C1CCCC1. The summed E-state index contributed by atoms with van der Waals surface area (Å²) in [5.41, 5.74) is 1.76. The van der Waals surface area contributed by atoms with Gasteiger partial charge in [-0.2, -0.15) is 0 Å². The molecule has 0 unspecified atom stereocenters. The third-order valence-corrected chi connectivity index (χ3v) is 7.29. The second kappa shape index (κ2) is 10.1. The van der Waals surface area contributed by atoms with Crippen molar-refractivity contribution < 1.29 is 14.3 Å². The maximum Gasteiger partial charge on any atom is 0.341 e. The lowest BCUT2D eigenvalue weighted by atomic mass is 10.1. The van der Waals surface area contributed by atoms with Crippen molar-refractivity contribution in [3.63, 3.8) is 0 Å². The van der Waals surface area contributed by atoms with Gasteiger partial charge in [-0.05, 0) is 49.6 Å². The third kappa shape index (κ3) is 4.70. The molecule has 4 rings (SSSR count). The monoisotopic (exact) mass is 487 g/mol. The summed E-state index contributed by atoms with van der Waals surface area (Å²) < 4.78 is 5.34. The number of esters is 1. The van der Waals surface area contributed by atoms with E-state index in [1.54, 1.807) is 30.0 Å². The molecule has 0 N–H and O–H groups in total. The van der Waals surface area contributed by atoms with Gasteiger partial charge in [0.25, 0.3) is 5.91 Å². The fourth-order valence-electron chi connectivity index (χ4n) is 4.04. The molecule has 1 heterocycles. The highest BCUT2D eigenvalue weighted by atomic mass is 35.5. The Balaban J connectivity index is 1.85. The van der Waals surface area contributed by atoms with Gasteiger partial charge in [0.05, 0.1) is 22.8 Å². The second-order valence-electron chi connectivity index (χ2n) is 7.65. The number of ether oxygens (including phenoxy) is 1. The minimum absolute atomic E-state index is 0.00954. The lowest BCUT2D eigenvalue weighted by molar-refractivity contribution is 0.0528. The Hall–Kier alpha value is -2.34. The summed E-state index contributed by atoms with van der Waals surface area (Å²) in [6.45, 7) is 2.03. The highest BCUT2D eigenvalue weighted by Gasteiger charge is 2.34. The normalized spacial score (nSPS) is 13.8. The molecule has 0 aliphatic heterocycles. The van der Waals surface area contributed by atoms with E-state index in [1.807, 2.05) is 36.4 Å². The molecule has 0 radical (unpaired) electrons. The highest BCUT2D eigenvalue weighted by molar-refractivity contribution is 7.20. The molecule has 32 heavy (non-hydrogen) atoms. The van der Waals surface area contributed by atoms with Crippen LogP contribution in [0.25, 0.3) is 10.4 Å². The van der Waals surface area contributed by atoms with Crippen LogP contribution >= 0.6 is 34.5 Å². The topological polar surface area (TPSA) is 46.6 Å². The van der Waals surface area contributed by atoms with E-state index in [-0.39, 0.29) is 18.6 Å². The molecule has 1 saturated carbocycles. The number of carbonyl (C=O) groups is 2. The maximum absolute atomic E-state index is 13.8. The van der Waals surface area contributed by atoms with Gasteiger partial charge in [0.1, 0.15) is 5.00 Å². The number of amides is 1. The predicted molar refractivity (Wildman–Crippen MR) is 131 cm³/mol. The number of nitrogens with zero attached hydrogens (tertiary/aromatic N) is 1. The van der Waals surface area contributed by atoms with Crippen LogP contribution in [0.3, 0.4) is 0 Å². The van der Waals surface area contributed by atoms with Gasteiger partial charge in [-0.15, -0.1) is 11.3 Å². The molecule has 0 atom stereocenters. The van der Waals surface area contributed by atoms with E-state index in [9.17, 15) is 9.59 Å². The summed E-state index contributed by atoms with van der Waals surface area (Å²) in [6.07, 6.45) is 3.82. The summed E-state index contributed by atoms with van der Waals surface area (Å²) in [6, 6.07) is 16.5. The van der Waals surface area contributed by atoms with Gasteiger partial charge < -0.3 is 4.74 Å². The number of benzene rings is 2. The molecule has 7 heteroatoms. The minimum Gasteiger partial charge on any atom is -0.462 e. The molecule has 2 aromatic carbocycles. The Morgan fingerprint density at radius 1 is 1.03 bits per heavy atom. The molecule has 1 aromatic heterocycles. The number of halogens is 2. The number of rotatable bonds is 6. The molecule has 0 bridgehead atoms. The van der Waals surface area contributed by atoms with Crippen molar-refractivity contribution >= 4 is 51.4 Å². The van der Waals surface area contributed by atoms with E-state index in [1.165, 1.54) is 11.3 Å². The van der Waals surface area contributed by atoms with Crippen LogP contribution in [0.5, 0.6) is 0 Å². The van der Waals surface area contributed by atoms with Crippen LogP contribution < -0.4 is 4.90 Å². The number of hydrogen-bond acceptors (Lipinski definition) is 4. The lowest BCUT2D eigenvalue weighted by Crippen LogP contribution is -2.39. The van der Waals surface area contributed by atoms with Crippen molar-refractivity contribution in [2.75, 3.05) is 11.5 Å². The predicted octanol–water partition coefficient (Wildman–Crippen LogP) is 7.49. The lowest BCUT2D eigenvalue weighted by Gasteiger charge is -2.29. The number of thiophene rings is 1. The van der Waals surface area contributed by atoms with Crippen LogP contribution in [0, 0.1) is 0 Å². The molecule has 4 nitrogen and oxygen atoms in total. The van der Waals surface area contributed by atoms with Gasteiger partial charge in [-0.25, -0.2) is 4.79 Å². The summed E-state index contributed by atoms with van der Waals surface area (Å²) in [4.78, 5) is 29.4. The fourth-order valence-corrected chi connectivity index (χ4v) is 5.75. The first-order valence-electron chi connectivity index (χ1n) is 10.6. The van der Waals surface area contributed by atoms with E-state index >= 15 is 0 Å². The van der Waals surface area contributed by atoms with Crippen LogP contribution in [0.4, 0.5) is 5.00 Å². The van der Waals surface area contributed by atoms with E-state index in [2.05, 4.69) is 0 Å². The van der Waals surface area contributed by atoms with Crippen LogP contribution in [0.15, 0.2) is 54.6 Å². The largest absolute Gasteiger partial charge is 0.462 e. The Morgan fingerprint density at radius 2 is 1.75 bits per heavy atom. The summed E-state index contributed by atoms with van der Waals surface area (Å²) in [5.74, 6) is -0.662. The molecule has 1 aliphatic carbocycles. The molecular weight excluding hydrogens is 465 g/mol. The van der Waals surface area contributed by atoms with Crippen LogP contribution in [0.2, 0.25) is 10.0 Å². The maximum atomic E-state index is 13.8. The minimum atomic E-state index is -0.432. The smallest absolute Gasteiger partial charge is 0.341 e. The van der Waals surface area contributed by atoms with Crippen molar-refractivity contribution in [1.29, 1.82) is 0 Å². The molecule has 0 saturated heterocycles. The molecular formula is C25H23Cl2NO3S. The van der Waals surface area contributed by atoms with E-state index in [0.717, 1.165) is 36.1 Å². The van der Waals surface area contributed by atoms with E-state index in [4.69, 9.17) is 27.9 Å². The molecule has 1 fully saturated rings. The fraction of sp³-hybridized carbons (Fsp3) is 0.280. The van der Waals surface area contributed by atoms with E-state index in [0.29, 0.717) is 26.2 Å². The molecule has 1 amide bonds. The van der Waals surface area contributed by atoms with Gasteiger partial charge >= 0.3 is 5.97 Å². The average Bonchev–Trinajstić information content (AvgIpc) is 3.46. The van der Waals surface area contributed by atoms with Gasteiger partial charge in [0.2, 0.25) is 0 Å². The molecule has 166 valence electrons. The van der Waals surface area contributed by atoms with Crippen molar-refractivity contribution in [3.8, 4) is 10.4 Å². The molecule has 0 spiro atoms. The van der Waals surface area contributed by atoms with Crippen LogP contribution in [-0.2, 0) is 4.74 Å². The van der Waals surface area contributed by atoms with Crippen molar-refractivity contribution in [2.45, 2.75) is 38.6 Å². The molecule has 3 aromatic rings. The zero-order valence-corrected chi connectivity index (χ0v) is 20.0. The van der Waals surface area contributed by atoms with Crippen molar-refractivity contribution in [3.05, 3.63) is 75.8 Å². The quantitative estimate of drug-likeness (QED) is 0.338. The first kappa shape index (κ1) is 22.8. The first-order valence-corrected chi connectivity index (χ1v) is 12.2. The highest BCUT2D eigenvalue weighted by Crippen LogP contribution is 2.42. The number of carbonyl (C=O) groups excluding carboxylic acids is 2. The molecule has 1 aliphatic rings. The third-order valence-electron chi connectivity index (χ3n) is 5.56. The Kier molecular flexibility index (Phi) is 7.19. The summed E-state index contributed by atoms with van der Waals surface area (Å²) in [5, 5.41) is 1.36. The number of anilines is 1. The Labute approximate surface area is 201 Å². The summed E-state index contributed by atoms with van der Waals surface area (Å²) >= 11 is 13.9. The Bertz CT molecular complexity index is 1120. The van der Waals surface area contributed by atoms with Crippen molar-refractivity contribution in [1.82, 2.24) is 0 Å². The van der Waals surface area contributed by atoms with Crippen LogP contribution in [0.1, 0.15) is 53.3 Å². The van der Waals surface area contributed by atoms with Crippen molar-refractivity contribution in [2.24, 2.45) is 0 Å². The zero-order valence-electron chi connectivity index (χ0n) is 17.6. The van der Waals surface area contributed by atoms with Gasteiger partial charge in [0, 0.05) is 15.9 Å².